The molecule has 0 fully saturated rings. The Morgan fingerprint density at radius 3 is 3.07 bits per heavy atom. The minimum absolute atomic E-state index is 0.889. The third kappa shape index (κ3) is 2.04. The average molecular weight is 208 g/mol. The van der Waals surface area contributed by atoms with E-state index in [1.54, 1.807) is 0 Å². The van der Waals surface area contributed by atoms with Crippen molar-refractivity contribution < 1.29 is 0 Å². The Hall–Kier alpha value is -0.670. The summed E-state index contributed by atoms with van der Waals surface area (Å²) < 4.78 is 2.43. The first-order chi connectivity index (χ1) is 6.79. The number of rotatable bonds is 2. The topological polar surface area (TPSA) is 29.3 Å². The predicted octanol–water partition coefficient (Wildman–Crippen LogP) is 2.29. The predicted molar refractivity (Wildman–Crippen MR) is 63.1 cm³/mol. The largest absolute Gasteiger partial charge is 0.399 e. The number of hydrogen-bond acceptors (Lipinski definition) is 3. The summed E-state index contributed by atoms with van der Waals surface area (Å²) in [5, 5.41) is 0. The van der Waals surface area contributed by atoms with E-state index in [2.05, 4.69) is 23.4 Å². The number of nitrogens with zero attached hydrogens (tertiary/aromatic N) is 1. The average Bonchev–Trinajstić information content (AvgIpc) is 2.19. The molecular formula is C11H16N2S. The number of hydrogen-bond donors (Lipinski definition) is 1. The van der Waals surface area contributed by atoms with Crippen LogP contribution in [0.3, 0.4) is 0 Å². The number of anilines is 1. The lowest BCUT2D eigenvalue weighted by Gasteiger charge is -2.27. The van der Waals surface area contributed by atoms with Gasteiger partial charge in [-0.1, -0.05) is 24.9 Å². The van der Waals surface area contributed by atoms with Crippen LogP contribution >= 0.6 is 11.9 Å². The maximum absolute atomic E-state index is 5.76. The minimum atomic E-state index is 0.889. The molecule has 1 heterocycles. The van der Waals surface area contributed by atoms with Crippen molar-refractivity contribution in [3.63, 3.8) is 0 Å². The minimum Gasteiger partial charge on any atom is -0.399 e. The SMILES string of the molecule is CCSN1CCc2cc(N)ccc2C1. The van der Waals surface area contributed by atoms with Gasteiger partial charge in [0.1, 0.15) is 0 Å². The van der Waals surface area contributed by atoms with Crippen LogP contribution in [0.25, 0.3) is 0 Å². The Morgan fingerprint density at radius 2 is 2.29 bits per heavy atom. The van der Waals surface area contributed by atoms with E-state index in [0.29, 0.717) is 0 Å². The molecule has 76 valence electrons. The van der Waals surface area contributed by atoms with Crippen molar-refractivity contribution in [1.82, 2.24) is 4.31 Å². The summed E-state index contributed by atoms with van der Waals surface area (Å²) in [6.07, 6.45) is 1.13. The van der Waals surface area contributed by atoms with Gasteiger partial charge in [0.25, 0.3) is 0 Å². The van der Waals surface area contributed by atoms with Crippen LogP contribution in [-0.4, -0.2) is 16.6 Å². The summed E-state index contributed by atoms with van der Waals surface area (Å²) in [7, 11) is 0. The smallest absolute Gasteiger partial charge is 0.0343 e. The van der Waals surface area contributed by atoms with Gasteiger partial charge in [-0.25, -0.2) is 4.31 Å². The highest BCUT2D eigenvalue weighted by atomic mass is 32.2. The fraction of sp³-hybridized carbons (Fsp3) is 0.455. The Morgan fingerprint density at radius 1 is 1.43 bits per heavy atom. The van der Waals surface area contributed by atoms with Crippen molar-refractivity contribution >= 4 is 17.6 Å². The van der Waals surface area contributed by atoms with Gasteiger partial charge in [0, 0.05) is 24.5 Å². The highest BCUT2D eigenvalue weighted by Crippen LogP contribution is 2.25. The molecule has 0 aromatic heterocycles. The first-order valence-corrected chi connectivity index (χ1v) is 5.99. The fourth-order valence-electron chi connectivity index (χ4n) is 1.84. The molecule has 0 saturated heterocycles. The van der Waals surface area contributed by atoms with Gasteiger partial charge in [-0.3, -0.25) is 0 Å². The van der Waals surface area contributed by atoms with E-state index in [1.807, 2.05) is 18.0 Å². The number of nitrogens with two attached hydrogens (primary N) is 1. The number of nitrogen functional groups attached to an aromatic ring is 1. The molecule has 1 aromatic rings. The summed E-state index contributed by atoms with van der Waals surface area (Å²) in [6.45, 7) is 4.41. The number of benzene rings is 1. The van der Waals surface area contributed by atoms with Crippen molar-refractivity contribution in [3.05, 3.63) is 29.3 Å². The summed E-state index contributed by atoms with van der Waals surface area (Å²) in [4.78, 5) is 0. The molecule has 1 aliphatic rings. The van der Waals surface area contributed by atoms with Gasteiger partial charge >= 0.3 is 0 Å². The van der Waals surface area contributed by atoms with E-state index in [1.165, 1.54) is 11.1 Å². The molecule has 14 heavy (non-hydrogen) atoms. The molecule has 3 heteroatoms. The zero-order valence-corrected chi connectivity index (χ0v) is 9.31. The van der Waals surface area contributed by atoms with Crippen LogP contribution in [0.4, 0.5) is 5.69 Å². The van der Waals surface area contributed by atoms with Crippen LogP contribution in [0.2, 0.25) is 0 Å². The Labute approximate surface area is 89.6 Å². The third-order valence-corrected chi connectivity index (χ3v) is 3.45. The first-order valence-electron chi connectivity index (χ1n) is 5.04. The van der Waals surface area contributed by atoms with Crippen LogP contribution in [0.5, 0.6) is 0 Å². The first kappa shape index (κ1) is 9.87. The van der Waals surface area contributed by atoms with E-state index in [9.17, 15) is 0 Å². The van der Waals surface area contributed by atoms with Gasteiger partial charge in [-0.15, -0.1) is 0 Å². The zero-order chi connectivity index (χ0) is 9.97. The van der Waals surface area contributed by atoms with Gasteiger partial charge in [0.15, 0.2) is 0 Å². The van der Waals surface area contributed by atoms with E-state index >= 15 is 0 Å². The van der Waals surface area contributed by atoms with Crippen LogP contribution in [0.15, 0.2) is 18.2 Å². The van der Waals surface area contributed by atoms with Crippen molar-refractivity contribution in [2.24, 2.45) is 0 Å². The van der Waals surface area contributed by atoms with Crippen molar-refractivity contribution in [2.45, 2.75) is 19.9 Å². The highest BCUT2D eigenvalue weighted by Gasteiger charge is 2.15. The molecule has 0 amide bonds. The molecule has 2 N–H and O–H groups in total. The lowest BCUT2D eigenvalue weighted by atomic mass is 10.0. The van der Waals surface area contributed by atoms with Gasteiger partial charge < -0.3 is 5.73 Å². The molecule has 0 bridgehead atoms. The van der Waals surface area contributed by atoms with E-state index < -0.39 is 0 Å². The Bertz CT molecular complexity index is 325. The molecule has 0 atom stereocenters. The molecule has 1 aromatic carbocycles. The van der Waals surface area contributed by atoms with E-state index in [4.69, 9.17) is 5.73 Å². The van der Waals surface area contributed by atoms with Gasteiger partial charge in [0.2, 0.25) is 0 Å². The molecule has 2 rings (SSSR count). The lowest BCUT2D eigenvalue weighted by Crippen LogP contribution is -2.24. The lowest BCUT2D eigenvalue weighted by molar-refractivity contribution is 0.445. The van der Waals surface area contributed by atoms with Gasteiger partial charge in [-0.05, 0) is 29.7 Å². The summed E-state index contributed by atoms with van der Waals surface area (Å²) in [6, 6.07) is 6.27. The zero-order valence-electron chi connectivity index (χ0n) is 8.49. The van der Waals surface area contributed by atoms with Crippen LogP contribution < -0.4 is 5.73 Å². The highest BCUT2D eigenvalue weighted by molar-refractivity contribution is 7.96. The monoisotopic (exact) mass is 208 g/mol. The van der Waals surface area contributed by atoms with E-state index in [0.717, 1.165) is 31.0 Å². The summed E-state index contributed by atoms with van der Waals surface area (Å²) in [5.74, 6) is 1.16. The second-order valence-electron chi connectivity index (χ2n) is 3.56. The Balaban J connectivity index is 2.15. The van der Waals surface area contributed by atoms with Crippen molar-refractivity contribution in [2.75, 3.05) is 18.0 Å². The van der Waals surface area contributed by atoms with Gasteiger partial charge in [-0.2, -0.15) is 0 Å². The molecule has 0 spiro atoms. The van der Waals surface area contributed by atoms with Crippen LogP contribution in [0.1, 0.15) is 18.1 Å². The van der Waals surface area contributed by atoms with Crippen LogP contribution in [0, 0.1) is 0 Å². The normalized spacial score (nSPS) is 16.6. The molecule has 0 radical (unpaired) electrons. The molecular weight excluding hydrogens is 192 g/mol. The number of fused-ring (bicyclic) bond motifs is 1. The van der Waals surface area contributed by atoms with Gasteiger partial charge in [0.05, 0.1) is 0 Å². The van der Waals surface area contributed by atoms with E-state index in [-0.39, 0.29) is 0 Å². The second-order valence-corrected chi connectivity index (χ2v) is 4.91. The molecule has 0 saturated carbocycles. The second kappa shape index (κ2) is 4.24. The summed E-state index contributed by atoms with van der Waals surface area (Å²) >= 11 is 1.92. The Kier molecular flexibility index (Phi) is 2.99. The van der Waals surface area contributed by atoms with Crippen LogP contribution in [-0.2, 0) is 13.0 Å². The standard InChI is InChI=1S/C11H16N2S/c1-2-14-13-6-5-9-7-11(12)4-3-10(9)8-13/h3-4,7H,2,5-6,8,12H2,1H3. The molecule has 0 unspecified atom stereocenters. The summed E-state index contributed by atoms with van der Waals surface area (Å²) in [5.41, 5.74) is 9.51. The van der Waals surface area contributed by atoms with Crippen molar-refractivity contribution in [1.29, 1.82) is 0 Å². The maximum Gasteiger partial charge on any atom is 0.0343 e. The maximum atomic E-state index is 5.76. The molecule has 1 aliphatic heterocycles. The third-order valence-electron chi connectivity index (χ3n) is 2.52. The van der Waals surface area contributed by atoms with Crippen molar-refractivity contribution in [3.8, 4) is 0 Å². The quantitative estimate of drug-likeness (QED) is 0.597. The molecule has 0 aliphatic carbocycles. The fourth-order valence-corrected chi connectivity index (χ4v) is 2.66. The molecule has 2 nitrogen and oxygen atoms in total.